The van der Waals surface area contributed by atoms with Gasteiger partial charge in [-0.3, -0.25) is 20.4 Å². The van der Waals surface area contributed by atoms with Crippen molar-refractivity contribution in [3.05, 3.63) is 35.6 Å². The molecule has 0 heterocycles. The summed E-state index contributed by atoms with van der Waals surface area (Å²) in [6.07, 6.45) is 2.58. The van der Waals surface area contributed by atoms with Crippen LogP contribution in [-0.4, -0.2) is 11.8 Å². The van der Waals surface area contributed by atoms with Crippen molar-refractivity contribution in [3.8, 4) is 0 Å². The Hall–Kier alpha value is -1.91. The first-order valence-corrected chi connectivity index (χ1v) is 5.98. The molecule has 1 aromatic carbocycles. The maximum Gasteiger partial charge on any atom is 0.241 e. The first-order chi connectivity index (χ1) is 8.65. The maximum absolute atomic E-state index is 12.6. The molecule has 0 spiro atoms. The maximum atomic E-state index is 12.6. The lowest BCUT2D eigenvalue weighted by molar-refractivity contribution is -0.129. The molecule has 0 aromatic heterocycles. The standard InChI is InChI=1S/C13H15FN2O2/c14-11-6-1-9(2-7-11)3-8-12(17)15-16-13(18)10-4-5-10/h1-2,6-7,10H,3-5,8H2,(H,15,17)(H,16,18). The van der Waals surface area contributed by atoms with Crippen LogP contribution in [0.25, 0.3) is 0 Å². The van der Waals surface area contributed by atoms with E-state index in [-0.39, 0.29) is 30.0 Å². The smallest absolute Gasteiger partial charge is 0.241 e. The van der Waals surface area contributed by atoms with E-state index >= 15 is 0 Å². The molecule has 0 aliphatic heterocycles. The summed E-state index contributed by atoms with van der Waals surface area (Å²) >= 11 is 0. The molecule has 2 rings (SSSR count). The van der Waals surface area contributed by atoms with Gasteiger partial charge in [0.2, 0.25) is 11.8 Å². The fourth-order valence-corrected chi connectivity index (χ4v) is 1.55. The van der Waals surface area contributed by atoms with E-state index in [1.807, 2.05) is 0 Å². The van der Waals surface area contributed by atoms with Gasteiger partial charge >= 0.3 is 0 Å². The molecule has 0 saturated heterocycles. The third-order valence-corrected chi connectivity index (χ3v) is 2.83. The second-order valence-corrected chi connectivity index (χ2v) is 4.44. The lowest BCUT2D eigenvalue weighted by Crippen LogP contribution is -2.42. The summed E-state index contributed by atoms with van der Waals surface area (Å²) in [6, 6.07) is 6.01. The second kappa shape index (κ2) is 5.62. The zero-order chi connectivity index (χ0) is 13.0. The summed E-state index contributed by atoms with van der Waals surface area (Å²) in [7, 11) is 0. The van der Waals surface area contributed by atoms with Crippen LogP contribution in [0.1, 0.15) is 24.8 Å². The SMILES string of the molecule is O=C(CCc1ccc(F)cc1)NNC(=O)C1CC1. The highest BCUT2D eigenvalue weighted by Gasteiger charge is 2.29. The molecule has 2 amide bonds. The Bertz CT molecular complexity index is 441. The molecule has 0 atom stereocenters. The molecule has 0 radical (unpaired) electrons. The van der Waals surface area contributed by atoms with Crippen LogP contribution in [0.5, 0.6) is 0 Å². The topological polar surface area (TPSA) is 58.2 Å². The van der Waals surface area contributed by atoms with E-state index in [1.54, 1.807) is 12.1 Å². The van der Waals surface area contributed by atoms with Gasteiger partial charge in [-0.25, -0.2) is 4.39 Å². The summed E-state index contributed by atoms with van der Waals surface area (Å²) in [5.41, 5.74) is 5.65. The van der Waals surface area contributed by atoms with Gasteiger partial charge in [0.25, 0.3) is 0 Å². The van der Waals surface area contributed by atoms with Crippen LogP contribution in [0.3, 0.4) is 0 Å². The number of carbonyl (C=O) groups is 2. The fraction of sp³-hybridized carbons (Fsp3) is 0.385. The minimum absolute atomic E-state index is 0.0717. The average molecular weight is 250 g/mol. The van der Waals surface area contributed by atoms with E-state index < -0.39 is 0 Å². The molecule has 4 nitrogen and oxygen atoms in total. The summed E-state index contributed by atoms with van der Waals surface area (Å²) < 4.78 is 12.6. The van der Waals surface area contributed by atoms with Crippen molar-refractivity contribution >= 4 is 11.8 Å². The highest BCUT2D eigenvalue weighted by molar-refractivity contribution is 5.84. The Labute approximate surface area is 105 Å². The second-order valence-electron chi connectivity index (χ2n) is 4.44. The van der Waals surface area contributed by atoms with Crippen molar-refractivity contribution in [3.63, 3.8) is 0 Å². The highest BCUT2D eigenvalue weighted by atomic mass is 19.1. The molecule has 1 fully saturated rings. The van der Waals surface area contributed by atoms with Gasteiger partial charge in [0.15, 0.2) is 0 Å². The molecule has 1 aliphatic carbocycles. The van der Waals surface area contributed by atoms with Crippen molar-refractivity contribution in [2.75, 3.05) is 0 Å². The number of aryl methyl sites for hydroxylation is 1. The summed E-state index contributed by atoms with van der Waals surface area (Å²) in [6.45, 7) is 0. The minimum Gasteiger partial charge on any atom is -0.273 e. The lowest BCUT2D eigenvalue weighted by atomic mass is 10.1. The molecule has 18 heavy (non-hydrogen) atoms. The van der Waals surface area contributed by atoms with Gasteiger partial charge < -0.3 is 0 Å². The number of nitrogens with one attached hydrogen (secondary N) is 2. The quantitative estimate of drug-likeness (QED) is 0.792. The molecular formula is C13H15FN2O2. The Morgan fingerprint density at radius 3 is 2.44 bits per heavy atom. The van der Waals surface area contributed by atoms with Gasteiger partial charge in [-0.05, 0) is 37.0 Å². The molecule has 0 unspecified atom stereocenters. The third-order valence-electron chi connectivity index (χ3n) is 2.83. The van der Waals surface area contributed by atoms with E-state index in [0.717, 1.165) is 18.4 Å². The van der Waals surface area contributed by atoms with E-state index in [4.69, 9.17) is 0 Å². The Balaban J connectivity index is 1.67. The van der Waals surface area contributed by atoms with Crippen molar-refractivity contribution in [2.24, 2.45) is 5.92 Å². The number of benzene rings is 1. The number of carbonyl (C=O) groups excluding carboxylic acids is 2. The van der Waals surface area contributed by atoms with Crippen LogP contribution >= 0.6 is 0 Å². The number of hydrazine groups is 1. The number of amides is 2. The van der Waals surface area contributed by atoms with Crippen molar-refractivity contribution < 1.29 is 14.0 Å². The van der Waals surface area contributed by atoms with Gasteiger partial charge in [0, 0.05) is 12.3 Å². The summed E-state index contributed by atoms with van der Waals surface area (Å²) in [5.74, 6) is -0.583. The minimum atomic E-state index is -0.292. The first kappa shape index (κ1) is 12.5. The molecule has 1 saturated carbocycles. The number of hydrogen-bond acceptors (Lipinski definition) is 2. The zero-order valence-corrected chi connectivity index (χ0v) is 9.91. The number of rotatable bonds is 4. The summed E-state index contributed by atoms with van der Waals surface area (Å²) in [5, 5.41) is 0. The lowest BCUT2D eigenvalue weighted by Gasteiger charge is -2.06. The molecule has 0 bridgehead atoms. The van der Waals surface area contributed by atoms with Gasteiger partial charge in [0.1, 0.15) is 5.82 Å². The fourth-order valence-electron chi connectivity index (χ4n) is 1.55. The largest absolute Gasteiger partial charge is 0.273 e. The van der Waals surface area contributed by atoms with Crippen LogP contribution < -0.4 is 10.9 Å². The molecule has 2 N–H and O–H groups in total. The number of hydrogen-bond donors (Lipinski definition) is 2. The van der Waals surface area contributed by atoms with Crippen molar-refractivity contribution in [1.82, 2.24) is 10.9 Å². The Morgan fingerprint density at radius 2 is 1.83 bits per heavy atom. The van der Waals surface area contributed by atoms with Gasteiger partial charge in [-0.15, -0.1) is 0 Å². The van der Waals surface area contributed by atoms with Crippen LogP contribution in [-0.2, 0) is 16.0 Å². The molecule has 1 aliphatic rings. The van der Waals surface area contributed by atoms with Crippen molar-refractivity contribution in [2.45, 2.75) is 25.7 Å². The van der Waals surface area contributed by atoms with Gasteiger partial charge in [-0.2, -0.15) is 0 Å². The highest BCUT2D eigenvalue weighted by Crippen LogP contribution is 2.28. The summed E-state index contributed by atoms with van der Waals surface area (Å²) in [4.78, 5) is 22.7. The first-order valence-electron chi connectivity index (χ1n) is 5.98. The average Bonchev–Trinajstić information content (AvgIpc) is 3.19. The van der Waals surface area contributed by atoms with Crippen LogP contribution in [0.15, 0.2) is 24.3 Å². The van der Waals surface area contributed by atoms with E-state index in [0.29, 0.717) is 6.42 Å². The predicted molar refractivity (Wildman–Crippen MR) is 63.7 cm³/mol. The van der Waals surface area contributed by atoms with E-state index in [2.05, 4.69) is 10.9 Å². The van der Waals surface area contributed by atoms with Gasteiger partial charge in [-0.1, -0.05) is 12.1 Å². The van der Waals surface area contributed by atoms with Crippen LogP contribution in [0.2, 0.25) is 0 Å². The zero-order valence-electron chi connectivity index (χ0n) is 9.91. The normalized spacial score (nSPS) is 14.1. The van der Waals surface area contributed by atoms with E-state index in [1.165, 1.54) is 12.1 Å². The predicted octanol–water partition coefficient (Wildman–Crippen LogP) is 1.32. The third kappa shape index (κ3) is 3.84. The number of halogens is 1. The van der Waals surface area contributed by atoms with Crippen LogP contribution in [0, 0.1) is 11.7 Å². The van der Waals surface area contributed by atoms with Gasteiger partial charge in [0.05, 0.1) is 0 Å². The molecular weight excluding hydrogens is 235 g/mol. The molecule has 96 valence electrons. The van der Waals surface area contributed by atoms with E-state index in [9.17, 15) is 14.0 Å². The Morgan fingerprint density at radius 1 is 1.17 bits per heavy atom. The van der Waals surface area contributed by atoms with Crippen LogP contribution in [0.4, 0.5) is 4.39 Å². The monoisotopic (exact) mass is 250 g/mol. The Kier molecular flexibility index (Phi) is 3.92. The molecule has 5 heteroatoms. The molecule has 1 aromatic rings. The van der Waals surface area contributed by atoms with Crippen molar-refractivity contribution in [1.29, 1.82) is 0 Å².